The average molecular weight is 406 g/mol. The molecular formula is C20H30N4O5. The van der Waals surface area contributed by atoms with Crippen LogP contribution in [-0.2, 0) is 30.3 Å². The fourth-order valence-corrected chi connectivity index (χ4v) is 2.27. The van der Waals surface area contributed by atoms with E-state index in [0.29, 0.717) is 6.42 Å². The van der Waals surface area contributed by atoms with Crippen LogP contribution < -0.4 is 21.3 Å². The van der Waals surface area contributed by atoms with E-state index < -0.39 is 17.9 Å². The summed E-state index contributed by atoms with van der Waals surface area (Å²) in [5, 5.41) is 10.3. The number of carbonyl (C=O) groups is 4. The van der Waals surface area contributed by atoms with Crippen molar-refractivity contribution in [1.29, 1.82) is 0 Å². The van der Waals surface area contributed by atoms with Gasteiger partial charge >= 0.3 is 0 Å². The van der Waals surface area contributed by atoms with Crippen molar-refractivity contribution < 1.29 is 23.9 Å². The number of hydrogen-bond acceptors (Lipinski definition) is 6. The zero-order valence-electron chi connectivity index (χ0n) is 17.1. The lowest BCUT2D eigenvalue weighted by Crippen LogP contribution is -2.51. The molecule has 1 aromatic carbocycles. The predicted molar refractivity (Wildman–Crippen MR) is 108 cm³/mol. The lowest BCUT2D eigenvalue weighted by atomic mass is 10.1. The summed E-state index contributed by atoms with van der Waals surface area (Å²) >= 11 is 0. The first-order chi connectivity index (χ1) is 13.8. The zero-order chi connectivity index (χ0) is 21.6. The number of nitrogens with one attached hydrogen (secondary N) is 4. The van der Waals surface area contributed by atoms with E-state index >= 15 is 0 Å². The van der Waals surface area contributed by atoms with Crippen molar-refractivity contribution in [3.63, 3.8) is 0 Å². The van der Waals surface area contributed by atoms with Crippen LogP contribution in [-0.4, -0.2) is 63.0 Å². The number of ketones is 1. The largest absolute Gasteiger partial charge is 0.353 e. The molecule has 0 heterocycles. The van der Waals surface area contributed by atoms with E-state index in [9.17, 15) is 19.2 Å². The van der Waals surface area contributed by atoms with Gasteiger partial charge < -0.3 is 26.0 Å². The number of likely N-dealkylation sites (N-methyl/N-ethyl adjacent to an activating group) is 1. The molecule has 0 fully saturated rings. The first kappa shape index (κ1) is 24.3. The Kier molecular flexibility index (Phi) is 11.2. The van der Waals surface area contributed by atoms with Gasteiger partial charge in [-0.3, -0.25) is 19.2 Å². The molecule has 9 heteroatoms. The molecule has 0 saturated heterocycles. The lowest BCUT2D eigenvalue weighted by Gasteiger charge is -2.18. The van der Waals surface area contributed by atoms with Crippen molar-refractivity contribution >= 4 is 23.5 Å². The molecule has 0 bridgehead atoms. The standard InChI is InChI=1S/C20H30N4O5/c1-14(2)17(25)12-29-13-23-18(26)11-22-20(28)16(24-19(27)10-21-3)9-15-7-5-4-6-8-15/h4-8,14,16,21H,9-13H2,1-3H3,(H,22,28)(H,23,26)(H,24,27). The van der Waals surface area contributed by atoms with Gasteiger partial charge in [-0.1, -0.05) is 44.2 Å². The summed E-state index contributed by atoms with van der Waals surface area (Å²) in [7, 11) is 1.63. The average Bonchev–Trinajstić information content (AvgIpc) is 2.69. The van der Waals surface area contributed by atoms with Gasteiger partial charge in [-0.05, 0) is 12.6 Å². The van der Waals surface area contributed by atoms with E-state index in [1.54, 1.807) is 20.9 Å². The fraction of sp³-hybridized carbons (Fsp3) is 0.500. The Labute approximate surface area is 170 Å². The van der Waals surface area contributed by atoms with Gasteiger partial charge in [0.05, 0.1) is 13.1 Å². The Balaban J connectivity index is 2.48. The molecule has 0 aliphatic rings. The van der Waals surface area contributed by atoms with E-state index in [0.717, 1.165) is 5.56 Å². The lowest BCUT2D eigenvalue weighted by molar-refractivity contribution is -0.131. The number of ether oxygens (including phenoxy) is 1. The molecular weight excluding hydrogens is 376 g/mol. The summed E-state index contributed by atoms with van der Waals surface area (Å²) in [6, 6.07) is 8.44. The van der Waals surface area contributed by atoms with Crippen molar-refractivity contribution in [2.24, 2.45) is 5.92 Å². The maximum Gasteiger partial charge on any atom is 0.243 e. The Bertz CT molecular complexity index is 679. The van der Waals surface area contributed by atoms with Crippen LogP contribution in [0.5, 0.6) is 0 Å². The second-order valence-electron chi connectivity index (χ2n) is 6.77. The summed E-state index contributed by atoms with van der Waals surface area (Å²) in [6.45, 7) is 3.13. The number of benzene rings is 1. The molecule has 0 radical (unpaired) electrons. The molecule has 9 nitrogen and oxygen atoms in total. The first-order valence-electron chi connectivity index (χ1n) is 9.46. The summed E-state index contributed by atoms with van der Waals surface area (Å²) in [5.74, 6) is -1.45. The van der Waals surface area contributed by atoms with Gasteiger partial charge in [-0.15, -0.1) is 0 Å². The van der Waals surface area contributed by atoms with E-state index in [1.165, 1.54) is 0 Å². The monoisotopic (exact) mass is 406 g/mol. The van der Waals surface area contributed by atoms with Gasteiger partial charge in [0.2, 0.25) is 17.7 Å². The molecule has 0 aromatic heterocycles. The van der Waals surface area contributed by atoms with Crippen LogP contribution in [0.3, 0.4) is 0 Å². The molecule has 4 N–H and O–H groups in total. The fourth-order valence-electron chi connectivity index (χ4n) is 2.27. The van der Waals surface area contributed by atoms with E-state index in [4.69, 9.17) is 4.74 Å². The summed E-state index contributed by atoms with van der Waals surface area (Å²) < 4.78 is 5.08. The molecule has 1 atom stereocenters. The van der Waals surface area contributed by atoms with Crippen molar-refractivity contribution in [2.45, 2.75) is 26.3 Å². The highest BCUT2D eigenvalue weighted by Crippen LogP contribution is 2.03. The van der Waals surface area contributed by atoms with Crippen LogP contribution in [0.25, 0.3) is 0 Å². The number of rotatable bonds is 13. The molecule has 29 heavy (non-hydrogen) atoms. The summed E-state index contributed by atoms with van der Waals surface area (Å²) in [4.78, 5) is 47.6. The maximum atomic E-state index is 12.5. The molecule has 0 aliphatic heterocycles. The Morgan fingerprint density at radius 3 is 2.28 bits per heavy atom. The predicted octanol–water partition coefficient (Wildman–Crippen LogP) is -0.635. The first-order valence-corrected chi connectivity index (χ1v) is 9.46. The number of amides is 3. The molecule has 0 spiro atoms. The van der Waals surface area contributed by atoms with Crippen LogP contribution in [0.4, 0.5) is 0 Å². The van der Waals surface area contributed by atoms with Gasteiger partial charge in [0.25, 0.3) is 0 Å². The highest BCUT2D eigenvalue weighted by Gasteiger charge is 2.21. The molecule has 1 unspecified atom stereocenters. The minimum absolute atomic E-state index is 0.0615. The van der Waals surface area contributed by atoms with Crippen molar-refractivity contribution in [3.05, 3.63) is 35.9 Å². The highest BCUT2D eigenvalue weighted by atomic mass is 16.5. The summed E-state index contributed by atoms with van der Waals surface area (Å²) in [6.07, 6.45) is 0.296. The minimum atomic E-state index is -0.814. The van der Waals surface area contributed by atoms with Crippen LogP contribution in [0.1, 0.15) is 19.4 Å². The Morgan fingerprint density at radius 1 is 0.966 bits per heavy atom. The van der Waals surface area contributed by atoms with Crippen molar-refractivity contribution in [2.75, 3.05) is 33.5 Å². The summed E-state index contributed by atoms with van der Waals surface area (Å²) in [5.41, 5.74) is 0.880. The molecule has 1 aromatic rings. The molecule has 160 valence electrons. The number of carbonyl (C=O) groups excluding carboxylic acids is 4. The third-order valence-electron chi connectivity index (χ3n) is 3.95. The maximum absolute atomic E-state index is 12.5. The third kappa shape index (κ3) is 10.4. The van der Waals surface area contributed by atoms with Crippen LogP contribution >= 0.6 is 0 Å². The van der Waals surface area contributed by atoms with Crippen LogP contribution in [0.15, 0.2) is 30.3 Å². The van der Waals surface area contributed by atoms with E-state index in [1.807, 2.05) is 30.3 Å². The van der Waals surface area contributed by atoms with Gasteiger partial charge in [0, 0.05) is 12.3 Å². The highest BCUT2D eigenvalue weighted by molar-refractivity contribution is 5.91. The number of hydrogen-bond donors (Lipinski definition) is 4. The van der Waals surface area contributed by atoms with Gasteiger partial charge in [0.1, 0.15) is 19.4 Å². The van der Waals surface area contributed by atoms with Crippen molar-refractivity contribution in [1.82, 2.24) is 21.3 Å². The van der Waals surface area contributed by atoms with E-state index in [2.05, 4.69) is 21.3 Å². The molecule has 0 aliphatic carbocycles. The van der Waals surface area contributed by atoms with Gasteiger partial charge in [-0.25, -0.2) is 0 Å². The Hall–Kier alpha value is -2.78. The normalized spacial score (nSPS) is 11.6. The second-order valence-corrected chi connectivity index (χ2v) is 6.77. The quantitative estimate of drug-likeness (QED) is 0.255. The second kappa shape index (κ2) is 13.4. The zero-order valence-corrected chi connectivity index (χ0v) is 17.1. The van der Waals surface area contributed by atoms with Gasteiger partial charge in [0.15, 0.2) is 5.78 Å². The molecule has 0 saturated carbocycles. The SMILES string of the molecule is CNCC(=O)NC(Cc1ccccc1)C(=O)NCC(=O)NCOCC(=O)C(C)C. The Morgan fingerprint density at radius 2 is 1.66 bits per heavy atom. The third-order valence-corrected chi connectivity index (χ3v) is 3.95. The van der Waals surface area contributed by atoms with Crippen LogP contribution in [0, 0.1) is 5.92 Å². The molecule has 3 amide bonds. The molecule has 1 rings (SSSR count). The van der Waals surface area contributed by atoms with Crippen LogP contribution in [0.2, 0.25) is 0 Å². The van der Waals surface area contributed by atoms with Crippen molar-refractivity contribution in [3.8, 4) is 0 Å². The number of Topliss-reactive ketones (excluding diaryl/α,β-unsaturated/α-hetero) is 1. The topological polar surface area (TPSA) is 126 Å². The van der Waals surface area contributed by atoms with E-state index in [-0.39, 0.29) is 44.0 Å². The van der Waals surface area contributed by atoms with Gasteiger partial charge in [-0.2, -0.15) is 0 Å². The minimum Gasteiger partial charge on any atom is -0.353 e. The smallest absolute Gasteiger partial charge is 0.243 e.